The number of carbonyl (C=O) groups is 1. The van der Waals surface area contributed by atoms with Gasteiger partial charge in [0.2, 0.25) is 0 Å². The summed E-state index contributed by atoms with van der Waals surface area (Å²) in [5, 5.41) is 0. The molecule has 4 heterocycles. The number of hydrogen-bond donors (Lipinski definition) is 0. The summed E-state index contributed by atoms with van der Waals surface area (Å²) in [5.41, 5.74) is 6.34. The molecule has 5 rings (SSSR count). The van der Waals surface area contributed by atoms with Crippen LogP contribution in [0.3, 0.4) is 0 Å². The first-order chi connectivity index (χ1) is 15.9. The van der Waals surface area contributed by atoms with Crippen molar-refractivity contribution < 1.29 is 4.79 Å². The van der Waals surface area contributed by atoms with Gasteiger partial charge in [-0.3, -0.25) is 9.78 Å². The van der Waals surface area contributed by atoms with Gasteiger partial charge in [-0.05, 0) is 62.9 Å². The molecule has 1 amide bonds. The highest BCUT2D eigenvalue weighted by Gasteiger charge is 2.28. The van der Waals surface area contributed by atoms with Crippen LogP contribution in [0.2, 0.25) is 0 Å². The lowest BCUT2D eigenvalue weighted by molar-refractivity contribution is 0.0747. The summed E-state index contributed by atoms with van der Waals surface area (Å²) in [7, 11) is 0. The molecule has 33 heavy (non-hydrogen) atoms. The van der Waals surface area contributed by atoms with E-state index in [2.05, 4.69) is 60.3 Å². The molecular formula is C27H33N5O. The Labute approximate surface area is 196 Å². The van der Waals surface area contributed by atoms with Gasteiger partial charge in [0.25, 0.3) is 5.91 Å². The highest BCUT2D eigenvalue weighted by molar-refractivity contribution is 5.95. The molecule has 0 aliphatic carbocycles. The molecule has 6 nitrogen and oxygen atoms in total. The van der Waals surface area contributed by atoms with Crippen LogP contribution in [0.25, 0.3) is 11.3 Å². The van der Waals surface area contributed by atoms with Gasteiger partial charge in [-0.2, -0.15) is 0 Å². The molecule has 1 saturated heterocycles. The molecular weight excluding hydrogens is 410 g/mol. The minimum Gasteiger partial charge on any atom is -0.364 e. The Hall–Kier alpha value is -3.15. The average Bonchev–Trinajstić information content (AvgIpc) is 3.41. The van der Waals surface area contributed by atoms with Crippen molar-refractivity contribution in [3.05, 3.63) is 65.4 Å². The van der Waals surface area contributed by atoms with Crippen LogP contribution in [0, 0.1) is 6.92 Å². The van der Waals surface area contributed by atoms with Gasteiger partial charge >= 0.3 is 0 Å². The van der Waals surface area contributed by atoms with Crippen LogP contribution in [0.15, 0.2) is 42.6 Å². The van der Waals surface area contributed by atoms with E-state index in [0.29, 0.717) is 12.0 Å². The number of carbonyl (C=O) groups excluding carboxylic acids is 1. The van der Waals surface area contributed by atoms with Gasteiger partial charge in [0.05, 0.1) is 23.6 Å². The zero-order valence-corrected chi connectivity index (χ0v) is 20.1. The molecule has 3 aromatic rings. The summed E-state index contributed by atoms with van der Waals surface area (Å²) >= 11 is 0. The Kier molecular flexibility index (Phi) is 5.69. The molecule has 2 aromatic heterocycles. The lowest BCUT2D eigenvalue weighted by Gasteiger charge is -2.32. The Morgan fingerprint density at radius 3 is 2.73 bits per heavy atom. The van der Waals surface area contributed by atoms with E-state index in [4.69, 9.17) is 4.98 Å². The van der Waals surface area contributed by atoms with E-state index in [1.54, 1.807) is 0 Å². The number of nitrogens with zero attached hydrogens (tertiary/aromatic N) is 5. The number of pyridine rings is 1. The maximum absolute atomic E-state index is 13.1. The highest BCUT2D eigenvalue weighted by Crippen LogP contribution is 2.33. The minimum atomic E-state index is 0.150. The van der Waals surface area contributed by atoms with Gasteiger partial charge in [-0.25, -0.2) is 4.98 Å². The van der Waals surface area contributed by atoms with Crippen LogP contribution in [0.1, 0.15) is 67.1 Å². The smallest absolute Gasteiger partial charge is 0.254 e. The Morgan fingerprint density at radius 2 is 1.97 bits per heavy atom. The summed E-state index contributed by atoms with van der Waals surface area (Å²) in [5.74, 6) is 1.52. The second kappa shape index (κ2) is 8.65. The van der Waals surface area contributed by atoms with Gasteiger partial charge in [0, 0.05) is 48.7 Å². The van der Waals surface area contributed by atoms with E-state index in [0.717, 1.165) is 73.0 Å². The fourth-order valence-corrected chi connectivity index (χ4v) is 5.30. The number of hydrogen-bond acceptors (Lipinski definition) is 4. The summed E-state index contributed by atoms with van der Waals surface area (Å²) in [6, 6.07) is 12.6. The van der Waals surface area contributed by atoms with Crippen LogP contribution in [0.5, 0.6) is 0 Å². The maximum atomic E-state index is 13.1. The molecule has 0 spiro atoms. The number of aryl methyl sites for hydroxylation is 1. The number of fused-ring (bicyclic) bond motifs is 1. The third-order valence-corrected chi connectivity index (χ3v) is 7.11. The molecule has 0 saturated carbocycles. The van der Waals surface area contributed by atoms with Crippen LogP contribution < -0.4 is 4.90 Å². The quantitative estimate of drug-likeness (QED) is 0.568. The van der Waals surface area contributed by atoms with Crippen LogP contribution in [-0.4, -0.2) is 44.5 Å². The van der Waals surface area contributed by atoms with Crippen LogP contribution in [0.4, 0.5) is 5.69 Å². The zero-order chi connectivity index (χ0) is 23.1. The van der Waals surface area contributed by atoms with E-state index >= 15 is 0 Å². The molecule has 1 atom stereocenters. The highest BCUT2D eigenvalue weighted by atomic mass is 16.2. The number of amides is 1. The van der Waals surface area contributed by atoms with Gasteiger partial charge < -0.3 is 14.4 Å². The van der Waals surface area contributed by atoms with Crippen molar-refractivity contribution in [1.29, 1.82) is 0 Å². The van der Waals surface area contributed by atoms with Gasteiger partial charge in [-0.1, -0.05) is 19.9 Å². The number of imidazole rings is 1. The van der Waals surface area contributed by atoms with Crippen LogP contribution in [-0.2, 0) is 13.1 Å². The van der Waals surface area contributed by atoms with E-state index in [1.165, 1.54) is 5.69 Å². The Morgan fingerprint density at radius 1 is 1.12 bits per heavy atom. The third-order valence-electron chi connectivity index (χ3n) is 7.11. The normalized spacial score (nSPS) is 18.2. The number of likely N-dealkylation sites (tertiary alicyclic amines) is 1. The number of rotatable bonds is 4. The van der Waals surface area contributed by atoms with Crippen molar-refractivity contribution in [2.45, 2.75) is 65.6 Å². The largest absolute Gasteiger partial charge is 0.364 e. The maximum Gasteiger partial charge on any atom is 0.254 e. The zero-order valence-electron chi connectivity index (χ0n) is 20.1. The Balaban J connectivity index is 1.46. The van der Waals surface area contributed by atoms with Crippen molar-refractivity contribution in [2.75, 3.05) is 18.0 Å². The molecule has 2 aliphatic rings. The number of benzene rings is 1. The lowest BCUT2D eigenvalue weighted by Crippen LogP contribution is -2.35. The SMILES string of the molecule is Cc1nc(-c2cccnc2C(C)C)c2n1CCN(c1cccc(C(=O)N3CCCC3C)c1)C2. The summed E-state index contributed by atoms with van der Waals surface area (Å²) in [6.07, 6.45) is 4.05. The molecule has 6 heteroatoms. The molecule has 0 bridgehead atoms. The van der Waals surface area contributed by atoms with Crippen molar-refractivity contribution in [2.24, 2.45) is 0 Å². The minimum absolute atomic E-state index is 0.150. The van der Waals surface area contributed by atoms with Crippen molar-refractivity contribution in [3.63, 3.8) is 0 Å². The molecule has 2 aliphatic heterocycles. The first-order valence-corrected chi connectivity index (χ1v) is 12.1. The van der Waals surface area contributed by atoms with E-state index in [-0.39, 0.29) is 5.91 Å². The molecule has 0 radical (unpaired) electrons. The van der Waals surface area contributed by atoms with Crippen molar-refractivity contribution in [1.82, 2.24) is 19.4 Å². The van der Waals surface area contributed by atoms with E-state index in [1.807, 2.05) is 29.3 Å². The first-order valence-electron chi connectivity index (χ1n) is 12.1. The molecule has 1 unspecified atom stereocenters. The van der Waals surface area contributed by atoms with Crippen LogP contribution >= 0.6 is 0 Å². The predicted molar refractivity (Wildman–Crippen MR) is 132 cm³/mol. The molecule has 0 N–H and O–H groups in total. The van der Waals surface area contributed by atoms with Gasteiger partial charge in [0.1, 0.15) is 5.82 Å². The summed E-state index contributed by atoms with van der Waals surface area (Å²) < 4.78 is 2.34. The second-order valence-corrected chi connectivity index (χ2v) is 9.66. The van der Waals surface area contributed by atoms with E-state index < -0.39 is 0 Å². The predicted octanol–water partition coefficient (Wildman–Crippen LogP) is 5.02. The molecule has 1 aromatic carbocycles. The van der Waals surface area contributed by atoms with Gasteiger partial charge in [-0.15, -0.1) is 0 Å². The van der Waals surface area contributed by atoms with Crippen molar-refractivity contribution in [3.8, 4) is 11.3 Å². The first kappa shape index (κ1) is 21.7. The summed E-state index contributed by atoms with van der Waals surface area (Å²) in [6.45, 7) is 12.0. The summed E-state index contributed by atoms with van der Waals surface area (Å²) in [4.78, 5) is 27.1. The third kappa shape index (κ3) is 3.92. The number of aromatic nitrogens is 3. The molecule has 172 valence electrons. The monoisotopic (exact) mass is 443 g/mol. The van der Waals surface area contributed by atoms with E-state index in [9.17, 15) is 4.79 Å². The number of anilines is 1. The fraction of sp³-hybridized carbons (Fsp3) is 0.444. The van der Waals surface area contributed by atoms with Crippen molar-refractivity contribution >= 4 is 11.6 Å². The average molecular weight is 444 g/mol. The fourth-order valence-electron chi connectivity index (χ4n) is 5.30. The Bertz CT molecular complexity index is 1180. The lowest BCUT2D eigenvalue weighted by atomic mass is 10.00. The topological polar surface area (TPSA) is 54.3 Å². The molecule has 1 fully saturated rings. The van der Waals surface area contributed by atoms with Gasteiger partial charge in [0.15, 0.2) is 0 Å². The second-order valence-electron chi connectivity index (χ2n) is 9.66. The standard InChI is InChI=1S/C27H33N5O/c1-18(2)25-23(11-6-12-28-25)26-24-17-30(14-15-32(24)20(4)29-26)22-10-5-9-21(16-22)27(33)31-13-7-8-19(31)3/h5-6,9-12,16,18-19H,7-8,13-15,17H2,1-4H3.